The fourth-order valence-electron chi connectivity index (χ4n) is 2.42. The number of aromatic nitrogens is 1. The van der Waals surface area contributed by atoms with Gasteiger partial charge in [0, 0.05) is 12.6 Å². The number of carbonyl (C=O) groups excluding carboxylic acids is 2. The topological polar surface area (TPSA) is 75.4 Å². The molecule has 0 saturated heterocycles. The molecule has 7 heteroatoms. The van der Waals surface area contributed by atoms with E-state index >= 15 is 0 Å². The molecule has 0 unspecified atom stereocenters. The van der Waals surface area contributed by atoms with E-state index in [0.29, 0.717) is 24.0 Å². The van der Waals surface area contributed by atoms with Crippen LogP contribution in [0.15, 0.2) is 34.9 Å². The largest absolute Gasteiger partial charge is 0.360 e. The fraction of sp³-hybridized carbons (Fsp3) is 0.353. The van der Waals surface area contributed by atoms with E-state index in [1.54, 1.807) is 19.1 Å². The van der Waals surface area contributed by atoms with Crippen molar-refractivity contribution in [3.05, 3.63) is 47.5 Å². The second kappa shape index (κ2) is 6.82. The minimum Gasteiger partial charge on any atom is -0.360 e. The lowest BCUT2D eigenvalue weighted by Gasteiger charge is -2.22. The zero-order chi connectivity index (χ0) is 17.1. The Bertz CT molecular complexity index is 755. The van der Waals surface area contributed by atoms with Gasteiger partial charge in [0.15, 0.2) is 5.82 Å². The Hall–Kier alpha value is -2.70. The summed E-state index contributed by atoms with van der Waals surface area (Å²) in [5, 5.41) is 6.26. The van der Waals surface area contributed by atoms with E-state index < -0.39 is 17.6 Å². The van der Waals surface area contributed by atoms with Gasteiger partial charge in [-0.15, -0.1) is 0 Å². The van der Waals surface area contributed by atoms with Gasteiger partial charge < -0.3 is 14.7 Å². The predicted molar refractivity (Wildman–Crippen MR) is 84.9 cm³/mol. The number of aryl methyl sites for hydroxylation is 1. The number of halogens is 1. The third-order valence-electron chi connectivity index (χ3n) is 3.80. The Morgan fingerprint density at radius 1 is 1.38 bits per heavy atom. The van der Waals surface area contributed by atoms with Gasteiger partial charge in [0.1, 0.15) is 18.1 Å². The fourth-order valence-corrected chi connectivity index (χ4v) is 2.42. The van der Waals surface area contributed by atoms with Gasteiger partial charge in [0.05, 0.1) is 5.56 Å². The molecule has 0 atom stereocenters. The van der Waals surface area contributed by atoms with Crippen LogP contribution in [-0.4, -0.2) is 35.0 Å². The lowest BCUT2D eigenvalue weighted by atomic mass is 10.1. The van der Waals surface area contributed by atoms with Gasteiger partial charge in [-0.05, 0) is 37.8 Å². The highest BCUT2D eigenvalue weighted by atomic mass is 19.1. The summed E-state index contributed by atoms with van der Waals surface area (Å²) in [5.41, 5.74) is -0.0248. The van der Waals surface area contributed by atoms with Crippen LogP contribution in [0, 0.1) is 18.7 Å². The summed E-state index contributed by atoms with van der Waals surface area (Å²) in [4.78, 5) is 26.2. The van der Waals surface area contributed by atoms with Gasteiger partial charge in [0.2, 0.25) is 5.91 Å². The van der Waals surface area contributed by atoms with Crippen LogP contribution < -0.4 is 5.32 Å². The lowest BCUT2D eigenvalue weighted by Crippen LogP contribution is -2.39. The van der Waals surface area contributed by atoms with Crippen LogP contribution in [0.2, 0.25) is 0 Å². The molecule has 1 N–H and O–H groups in total. The van der Waals surface area contributed by atoms with Crippen molar-refractivity contribution >= 4 is 17.6 Å². The van der Waals surface area contributed by atoms with Crippen LogP contribution in [0.25, 0.3) is 0 Å². The first kappa shape index (κ1) is 16.2. The Balaban J connectivity index is 1.70. The molecule has 1 saturated carbocycles. The van der Waals surface area contributed by atoms with Crippen molar-refractivity contribution in [3.63, 3.8) is 0 Å². The van der Waals surface area contributed by atoms with Crippen LogP contribution in [0.3, 0.4) is 0 Å². The molecule has 1 aromatic carbocycles. The van der Waals surface area contributed by atoms with Crippen molar-refractivity contribution in [2.24, 2.45) is 5.92 Å². The summed E-state index contributed by atoms with van der Waals surface area (Å²) in [5.74, 6) is -0.219. The SMILES string of the molecule is Cc1cc(NC(=O)CN(CC2CC2)C(=O)c2ccccc2F)no1. The standard InChI is InChI=1S/C17H18FN3O3/c1-11-8-15(20-24-11)19-16(22)10-21(9-12-6-7-12)17(23)13-4-2-3-5-14(13)18/h2-5,8,12H,6-7,9-10H2,1H3,(H,19,20,22). The Morgan fingerprint density at radius 2 is 2.12 bits per heavy atom. The molecule has 2 amide bonds. The molecule has 6 nitrogen and oxygen atoms in total. The zero-order valence-corrected chi connectivity index (χ0v) is 13.3. The Morgan fingerprint density at radius 3 is 2.75 bits per heavy atom. The summed E-state index contributed by atoms with van der Waals surface area (Å²) in [6.45, 7) is 2.00. The molecule has 0 bridgehead atoms. The van der Waals surface area contributed by atoms with Gasteiger partial charge in [-0.1, -0.05) is 17.3 Å². The summed E-state index contributed by atoms with van der Waals surface area (Å²) >= 11 is 0. The number of anilines is 1. The van der Waals surface area contributed by atoms with Crippen molar-refractivity contribution < 1.29 is 18.5 Å². The van der Waals surface area contributed by atoms with Crippen LogP contribution >= 0.6 is 0 Å². The summed E-state index contributed by atoms with van der Waals surface area (Å²) < 4.78 is 18.8. The van der Waals surface area contributed by atoms with Crippen molar-refractivity contribution in [3.8, 4) is 0 Å². The van der Waals surface area contributed by atoms with Gasteiger partial charge >= 0.3 is 0 Å². The molecule has 2 aromatic rings. The van der Waals surface area contributed by atoms with E-state index in [4.69, 9.17) is 4.52 Å². The molecule has 1 fully saturated rings. The number of nitrogens with one attached hydrogen (secondary N) is 1. The highest BCUT2D eigenvalue weighted by molar-refractivity contribution is 5.99. The predicted octanol–water partition coefficient (Wildman–Crippen LogP) is 2.61. The number of rotatable bonds is 6. The van der Waals surface area contributed by atoms with Crippen molar-refractivity contribution in [1.29, 1.82) is 0 Å². The van der Waals surface area contributed by atoms with Crippen molar-refractivity contribution in [1.82, 2.24) is 10.1 Å². The molecule has 1 heterocycles. The molecule has 3 rings (SSSR count). The number of carbonyl (C=O) groups is 2. The Kier molecular flexibility index (Phi) is 4.59. The first-order valence-electron chi connectivity index (χ1n) is 7.80. The third-order valence-corrected chi connectivity index (χ3v) is 3.80. The highest BCUT2D eigenvalue weighted by Gasteiger charge is 2.29. The monoisotopic (exact) mass is 331 g/mol. The van der Waals surface area contributed by atoms with E-state index in [0.717, 1.165) is 12.8 Å². The highest BCUT2D eigenvalue weighted by Crippen LogP contribution is 2.30. The van der Waals surface area contributed by atoms with E-state index in [1.165, 1.54) is 23.1 Å². The second-order valence-corrected chi connectivity index (χ2v) is 5.98. The number of amides is 2. The molecule has 1 aliphatic rings. The average molecular weight is 331 g/mol. The summed E-state index contributed by atoms with van der Waals surface area (Å²) in [6.07, 6.45) is 2.04. The molecule has 126 valence electrons. The average Bonchev–Trinajstić information content (AvgIpc) is 3.27. The third kappa shape index (κ3) is 3.98. The number of hydrogen-bond donors (Lipinski definition) is 1. The zero-order valence-electron chi connectivity index (χ0n) is 13.3. The second-order valence-electron chi connectivity index (χ2n) is 5.98. The smallest absolute Gasteiger partial charge is 0.257 e. The van der Waals surface area contributed by atoms with Crippen LogP contribution in [-0.2, 0) is 4.79 Å². The van der Waals surface area contributed by atoms with Gasteiger partial charge in [-0.3, -0.25) is 9.59 Å². The van der Waals surface area contributed by atoms with E-state index in [9.17, 15) is 14.0 Å². The molecule has 24 heavy (non-hydrogen) atoms. The van der Waals surface area contributed by atoms with E-state index in [-0.39, 0.29) is 12.1 Å². The minimum atomic E-state index is -0.587. The van der Waals surface area contributed by atoms with Gasteiger partial charge in [-0.25, -0.2) is 4.39 Å². The van der Waals surface area contributed by atoms with Gasteiger partial charge in [0.25, 0.3) is 5.91 Å². The van der Waals surface area contributed by atoms with E-state index in [2.05, 4.69) is 10.5 Å². The first-order valence-corrected chi connectivity index (χ1v) is 7.80. The minimum absolute atomic E-state index is 0.0248. The Labute approximate surface area is 138 Å². The number of hydrogen-bond acceptors (Lipinski definition) is 4. The summed E-state index contributed by atoms with van der Waals surface area (Å²) in [7, 11) is 0. The van der Waals surface area contributed by atoms with Crippen molar-refractivity contribution in [2.45, 2.75) is 19.8 Å². The number of nitrogens with zero attached hydrogens (tertiary/aromatic N) is 2. The molecular weight excluding hydrogens is 313 g/mol. The van der Waals surface area contributed by atoms with E-state index in [1.807, 2.05) is 0 Å². The molecule has 1 aromatic heterocycles. The molecule has 1 aliphatic carbocycles. The maximum Gasteiger partial charge on any atom is 0.257 e. The lowest BCUT2D eigenvalue weighted by molar-refractivity contribution is -0.117. The number of benzene rings is 1. The maximum absolute atomic E-state index is 13.9. The van der Waals surface area contributed by atoms with Crippen LogP contribution in [0.5, 0.6) is 0 Å². The normalized spacial score (nSPS) is 13.6. The molecule has 0 aliphatic heterocycles. The first-order chi connectivity index (χ1) is 11.5. The molecular formula is C17H18FN3O3. The van der Waals surface area contributed by atoms with Crippen LogP contribution in [0.1, 0.15) is 29.0 Å². The quantitative estimate of drug-likeness (QED) is 0.883. The molecule has 0 radical (unpaired) electrons. The summed E-state index contributed by atoms with van der Waals surface area (Å²) in [6, 6.07) is 7.37. The van der Waals surface area contributed by atoms with Gasteiger partial charge in [-0.2, -0.15) is 0 Å². The maximum atomic E-state index is 13.9. The van der Waals surface area contributed by atoms with Crippen molar-refractivity contribution in [2.75, 3.05) is 18.4 Å². The van der Waals surface area contributed by atoms with Crippen LogP contribution in [0.4, 0.5) is 10.2 Å². The molecule has 0 spiro atoms.